The molecule has 2 N–H and O–H groups in total. The van der Waals surface area contributed by atoms with Crippen LogP contribution in [0.2, 0.25) is 5.02 Å². The third-order valence-corrected chi connectivity index (χ3v) is 3.55. The lowest BCUT2D eigenvalue weighted by Crippen LogP contribution is -2.50. The Hall–Kier alpha value is -1.75. The third-order valence-electron chi connectivity index (χ3n) is 3.29. The summed E-state index contributed by atoms with van der Waals surface area (Å²) < 4.78 is 5.04. The summed E-state index contributed by atoms with van der Waals surface area (Å²) >= 11 is 5.86. The predicted molar refractivity (Wildman–Crippen MR) is 91.4 cm³/mol. The molecule has 0 saturated carbocycles. The van der Waals surface area contributed by atoms with Crippen molar-refractivity contribution in [1.82, 2.24) is 10.6 Å². The van der Waals surface area contributed by atoms with E-state index in [2.05, 4.69) is 10.6 Å². The number of carbonyl (C=O) groups is 2. The molecule has 6 heteroatoms. The summed E-state index contributed by atoms with van der Waals surface area (Å²) in [5.74, 6) is -0.310. The highest BCUT2D eigenvalue weighted by atomic mass is 35.5. The highest BCUT2D eigenvalue weighted by Gasteiger charge is 2.26. The van der Waals surface area contributed by atoms with Gasteiger partial charge in [-0.1, -0.05) is 37.6 Å². The quantitative estimate of drug-likeness (QED) is 0.830. The lowest BCUT2D eigenvalue weighted by atomic mass is 10.0. The average Bonchev–Trinajstić information content (AvgIpc) is 2.44. The van der Waals surface area contributed by atoms with Crippen LogP contribution in [0.5, 0.6) is 0 Å². The highest BCUT2D eigenvalue weighted by Crippen LogP contribution is 2.16. The van der Waals surface area contributed by atoms with Crippen molar-refractivity contribution in [2.24, 2.45) is 5.92 Å². The summed E-state index contributed by atoms with van der Waals surface area (Å²) in [5, 5.41) is 6.17. The van der Waals surface area contributed by atoms with Crippen LogP contribution in [0.4, 0.5) is 4.79 Å². The summed E-state index contributed by atoms with van der Waals surface area (Å²) in [4.78, 5) is 24.2. The minimum atomic E-state index is -0.656. The van der Waals surface area contributed by atoms with Crippen LogP contribution in [0.25, 0.3) is 0 Å². The molecular weight excluding hydrogens is 316 g/mol. The number of alkyl carbamates (subject to hydrolysis) is 1. The van der Waals surface area contributed by atoms with Crippen LogP contribution in [0, 0.1) is 5.92 Å². The molecule has 1 rings (SSSR count). The molecule has 1 aromatic carbocycles. The van der Waals surface area contributed by atoms with E-state index in [1.807, 2.05) is 32.9 Å². The van der Waals surface area contributed by atoms with Gasteiger partial charge in [-0.3, -0.25) is 4.79 Å². The first-order valence-electron chi connectivity index (χ1n) is 7.73. The van der Waals surface area contributed by atoms with Crippen LogP contribution in [-0.2, 0) is 9.53 Å². The maximum absolute atomic E-state index is 12.4. The highest BCUT2D eigenvalue weighted by molar-refractivity contribution is 6.30. The van der Waals surface area contributed by atoms with Gasteiger partial charge in [-0.2, -0.15) is 0 Å². The smallest absolute Gasteiger partial charge is 0.408 e. The van der Waals surface area contributed by atoms with Crippen molar-refractivity contribution in [3.8, 4) is 0 Å². The number of carbonyl (C=O) groups excluding carboxylic acids is 2. The van der Waals surface area contributed by atoms with E-state index >= 15 is 0 Å². The van der Waals surface area contributed by atoms with E-state index in [1.165, 1.54) is 0 Å². The molecule has 5 nitrogen and oxygen atoms in total. The summed E-state index contributed by atoms with van der Waals surface area (Å²) in [7, 11) is 0. The minimum absolute atomic E-state index is 0.0628. The summed E-state index contributed by atoms with van der Waals surface area (Å²) in [6.07, 6.45) is -0.827. The molecule has 0 aliphatic rings. The van der Waals surface area contributed by atoms with Gasteiger partial charge < -0.3 is 15.4 Å². The first kappa shape index (κ1) is 19.3. The van der Waals surface area contributed by atoms with Crippen LogP contribution in [0.1, 0.15) is 46.2 Å². The van der Waals surface area contributed by atoms with E-state index in [-0.39, 0.29) is 24.0 Å². The van der Waals surface area contributed by atoms with Crippen LogP contribution in [0.15, 0.2) is 24.3 Å². The molecule has 2 amide bonds. The van der Waals surface area contributed by atoms with E-state index in [0.29, 0.717) is 5.02 Å². The molecule has 23 heavy (non-hydrogen) atoms. The second kappa shape index (κ2) is 8.77. The largest absolute Gasteiger partial charge is 0.447 e. The summed E-state index contributed by atoms with van der Waals surface area (Å²) in [6.45, 7) is 9.13. The van der Waals surface area contributed by atoms with Gasteiger partial charge in [0.15, 0.2) is 0 Å². The van der Waals surface area contributed by atoms with Crippen LogP contribution in [0.3, 0.4) is 0 Å². The van der Waals surface area contributed by atoms with E-state index in [0.717, 1.165) is 5.56 Å². The van der Waals surface area contributed by atoms with E-state index in [1.54, 1.807) is 26.0 Å². The van der Waals surface area contributed by atoms with Gasteiger partial charge in [-0.25, -0.2) is 4.79 Å². The van der Waals surface area contributed by atoms with Crippen molar-refractivity contribution in [3.05, 3.63) is 34.9 Å². The maximum atomic E-state index is 12.4. The standard InChI is InChI=1S/C17H25ClN2O3/c1-10(2)15(20-17(22)23-11(3)4)16(21)19-12(5)13-6-8-14(18)9-7-13/h6-12,15H,1-5H3,(H,19,21)(H,20,22)/t12?,15-/m0/s1. The fraction of sp³-hybridized carbons (Fsp3) is 0.529. The molecule has 2 atom stereocenters. The van der Waals surface area contributed by atoms with Gasteiger partial charge in [0.25, 0.3) is 0 Å². The molecule has 1 aromatic rings. The molecule has 0 radical (unpaired) electrons. The van der Waals surface area contributed by atoms with Gasteiger partial charge in [0, 0.05) is 5.02 Å². The number of halogens is 1. The van der Waals surface area contributed by atoms with Gasteiger partial charge >= 0.3 is 6.09 Å². The Balaban J connectivity index is 2.70. The Morgan fingerprint density at radius 3 is 2.04 bits per heavy atom. The number of nitrogens with one attached hydrogen (secondary N) is 2. The minimum Gasteiger partial charge on any atom is -0.447 e. The van der Waals surface area contributed by atoms with Gasteiger partial charge in [-0.05, 0) is 44.4 Å². The number of hydrogen-bond donors (Lipinski definition) is 2. The van der Waals surface area contributed by atoms with Crippen LogP contribution in [-0.4, -0.2) is 24.1 Å². The Morgan fingerprint density at radius 2 is 1.57 bits per heavy atom. The molecule has 0 aliphatic heterocycles. The second-order valence-corrected chi connectivity index (χ2v) is 6.54. The molecule has 1 unspecified atom stereocenters. The third kappa shape index (κ3) is 6.48. The number of ether oxygens (including phenoxy) is 1. The zero-order chi connectivity index (χ0) is 17.6. The number of hydrogen-bond acceptors (Lipinski definition) is 3. The normalized spacial score (nSPS) is 13.6. The Labute approximate surface area is 142 Å². The molecule has 0 aliphatic carbocycles. The van der Waals surface area contributed by atoms with Crippen molar-refractivity contribution in [2.75, 3.05) is 0 Å². The van der Waals surface area contributed by atoms with Crippen molar-refractivity contribution in [2.45, 2.75) is 52.8 Å². The van der Waals surface area contributed by atoms with Crippen molar-refractivity contribution in [1.29, 1.82) is 0 Å². The van der Waals surface area contributed by atoms with Crippen molar-refractivity contribution < 1.29 is 14.3 Å². The fourth-order valence-electron chi connectivity index (χ4n) is 2.05. The predicted octanol–water partition coefficient (Wildman–Crippen LogP) is 3.68. The first-order valence-corrected chi connectivity index (χ1v) is 8.11. The van der Waals surface area contributed by atoms with Gasteiger partial charge in [0.05, 0.1) is 12.1 Å². The number of amides is 2. The molecule has 0 heterocycles. The molecular formula is C17H25ClN2O3. The SMILES string of the molecule is CC(C)OC(=O)N[C@H](C(=O)NC(C)c1ccc(Cl)cc1)C(C)C. The average molecular weight is 341 g/mol. The summed E-state index contributed by atoms with van der Waals surface area (Å²) in [5.41, 5.74) is 0.940. The number of rotatable bonds is 6. The van der Waals surface area contributed by atoms with Crippen molar-refractivity contribution in [3.63, 3.8) is 0 Å². The van der Waals surface area contributed by atoms with E-state index < -0.39 is 12.1 Å². The fourth-order valence-corrected chi connectivity index (χ4v) is 2.17. The topological polar surface area (TPSA) is 67.4 Å². The zero-order valence-corrected chi connectivity index (χ0v) is 15.0. The van der Waals surface area contributed by atoms with Gasteiger partial charge in [-0.15, -0.1) is 0 Å². The van der Waals surface area contributed by atoms with Crippen LogP contribution < -0.4 is 10.6 Å². The van der Waals surface area contributed by atoms with Crippen LogP contribution >= 0.6 is 11.6 Å². The monoisotopic (exact) mass is 340 g/mol. The molecule has 0 spiro atoms. The van der Waals surface area contributed by atoms with E-state index in [4.69, 9.17) is 16.3 Å². The molecule has 0 bridgehead atoms. The Kier molecular flexibility index (Phi) is 7.36. The van der Waals surface area contributed by atoms with Gasteiger partial charge in [0.1, 0.15) is 6.04 Å². The van der Waals surface area contributed by atoms with Gasteiger partial charge in [0.2, 0.25) is 5.91 Å². The second-order valence-electron chi connectivity index (χ2n) is 6.10. The van der Waals surface area contributed by atoms with Crippen molar-refractivity contribution >= 4 is 23.6 Å². The number of benzene rings is 1. The maximum Gasteiger partial charge on any atom is 0.408 e. The lowest BCUT2D eigenvalue weighted by Gasteiger charge is -2.24. The molecule has 0 fully saturated rings. The Morgan fingerprint density at radius 1 is 1.00 bits per heavy atom. The zero-order valence-electron chi connectivity index (χ0n) is 14.2. The Bertz CT molecular complexity index is 529. The summed E-state index contributed by atoms with van der Waals surface area (Å²) in [6, 6.07) is 6.42. The first-order chi connectivity index (χ1) is 10.7. The molecule has 0 aromatic heterocycles. The molecule has 0 saturated heterocycles. The van der Waals surface area contributed by atoms with E-state index in [9.17, 15) is 9.59 Å². The lowest BCUT2D eigenvalue weighted by molar-refractivity contribution is -0.124. The molecule has 128 valence electrons.